The monoisotopic (exact) mass is 366 g/mol. The lowest BCUT2D eigenvalue weighted by atomic mass is 10.2. The molecule has 1 aliphatic rings. The van der Waals surface area contributed by atoms with E-state index in [2.05, 4.69) is 15.5 Å². The maximum atomic E-state index is 12.8. The maximum absolute atomic E-state index is 12.8. The average Bonchev–Trinajstić information content (AvgIpc) is 3.47. The van der Waals surface area contributed by atoms with Crippen LogP contribution in [-0.4, -0.2) is 45.5 Å². The summed E-state index contributed by atoms with van der Waals surface area (Å²) in [4.78, 5) is 12.8. The van der Waals surface area contributed by atoms with Crippen LogP contribution in [0.4, 0.5) is 0 Å². The summed E-state index contributed by atoms with van der Waals surface area (Å²) in [5, 5.41) is 11.8. The van der Waals surface area contributed by atoms with Crippen molar-refractivity contribution in [2.24, 2.45) is 0 Å². The highest BCUT2D eigenvalue weighted by Gasteiger charge is 2.23. The lowest BCUT2D eigenvalue weighted by Crippen LogP contribution is -2.21. The Morgan fingerprint density at radius 3 is 2.89 bits per heavy atom. The van der Waals surface area contributed by atoms with E-state index in [1.807, 2.05) is 30.3 Å². The molecule has 0 saturated carbocycles. The quantitative estimate of drug-likeness (QED) is 0.489. The molecular weight excluding hydrogens is 348 g/mol. The number of carbonyl (C=O) groups excluding carboxylic acids is 1. The number of rotatable bonds is 6. The van der Waals surface area contributed by atoms with Crippen molar-refractivity contribution in [1.82, 2.24) is 20.2 Å². The van der Waals surface area contributed by atoms with Crippen LogP contribution >= 0.6 is 0 Å². The molecule has 27 heavy (non-hydrogen) atoms. The zero-order valence-electron chi connectivity index (χ0n) is 14.5. The molecule has 1 atom stereocenters. The zero-order valence-corrected chi connectivity index (χ0v) is 14.5. The fourth-order valence-electron chi connectivity index (χ4n) is 2.85. The number of esters is 1. The summed E-state index contributed by atoms with van der Waals surface area (Å²) in [6.45, 7) is 0.888. The number of aromatic nitrogens is 4. The molecule has 0 spiro atoms. The summed E-state index contributed by atoms with van der Waals surface area (Å²) < 4.78 is 17.7. The fraction of sp³-hybridized carbons (Fsp3) is 0.263. The van der Waals surface area contributed by atoms with E-state index in [0.717, 1.165) is 18.4 Å². The number of hydrogen-bond donors (Lipinski definition) is 0. The summed E-state index contributed by atoms with van der Waals surface area (Å²) in [7, 11) is 0. The van der Waals surface area contributed by atoms with Crippen LogP contribution in [-0.2, 0) is 14.3 Å². The lowest BCUT2D eigenvalue weighted by molar-refractivity contribution is -0.140. The summed E-state index contributed by atoms with van der Waals surface area (Å²) in [6.07, 6.45) is 4.87. The Bertz CT molecular complexity index is 912. The molecule has 3 heterocycles. The van der Waals surface area contributed by atoms with Crippen molar-refractivity contribution < 1.29 is 18.7 Å². The van der Waals surface area contributed by atoms with Gasteiger partial charge in [-0.1, -0.05) is 30.3 Å². The van der Waals surface area contributed by atoms with Gasteiger partial charge in [0, 0.05) is 18.2 Å². The van der Waals surface area contributed by atoms with Gasteiger partial charge in [-0.2, -0.15) is 4.68 Å². The van der Waals surface area contributed by atoms with E-state index in [1.54, 1.807) is 18.2 Å². The molecule has 1 unspecified atom stereocenters. The Kier molecular flexibility index (Phi) is 5.06. The van der Waals surface area contributed by atoms with E-state index in [0.29, 0.717) is 18.2 Å². The first-order chi connectivity index (χ1) is 13.3. The maximum Gasteiger partial charge on any atom is 0.357 e. The third kappa shape index (κ3) is 3.95. The molecule has 0 N–H and O–H groups in total. The normalized spacial score (nSPS) is 17.2. The van der Waals surface area contributed by atoms with Gasteiger partial charge >= 0.3 is 5.97 Å². The highest BCUT2D eigenvalue weighted by Crippen LogP contribution is 2.22. The first-order valence-corrected chi connectivity index (χ1v) is 8.69. The first-order valence-electron chi connectivity index (χ1n) is 8.69. The number of carbonyl (C=O) groups is 1. The number of furan rings is 1. The van der Waals surface area contributed by atoms with Crippen LogP contribution in [0.5, 0.6) is 0 Å². The van der Waals surface area contributed by atoms with Crippen molar-refractivity contribution >= 4 is 17.7 Å². The van der Waals surface area contributed by atoms with Crippen LogP contribution in [0.25, 0.3) is 23.2 Å². The highest BCUT2D eigenvalue weighted by molar-refractivity contribution is 6.15. The van der Waals surface area contributed by atoms with E-state index in [1.165, 1.54) is 10.9 Å². The van der Waals surface area contributed by atoms with E-state index in [-0.39, 0.29) is 18.4 Å². The number of benzene rings is 1. The van der Waals surface area contributed by atoms with Gasteiger partial charge in [0.1, 0.15) is 12.4 Å². The van der Waals surface area contributed by atoms with Crippen molar-refractivity contribution in [3.8, 4) is 11.4 Å². The summed E-state index contributed by atoms with van der Waals surface area (Å²) in [5.74, 6) is 0.377. The minimum atomic E-state index is -0.550. The molecule has 1 saturated heterocycles. The molecule has 1 fully saturated rings. The van der Waals surface area contributed by atoms with Crippen molar-refractivity contribution in [3.63, 3.8) is 0 Å². The van der Waals surface area contributed by atoms with Gasteiger partial charge in [-0.15, -0.1) is 5.10 Å². The Morgan fingerprint density at radius 2 is 2.15 bits per heavy atom. The Labute approximate surface area is 155 Å². The summed E-state index contributed by atoms with van der Waals surface area (Å²) in [6, 6.07) is 12.8. The highest BCUT2D eigenvalue weighted by atomic mass is 16.6. The average molecular weight is 366 g/mol. The molecule has 8 nitrogen and oxygen atoms in total. The van der Waals surface area contributed by atoms with E-state index >= 15 is 0 Å². The Balaban J connectivity index is 1.65. The van der Waals surface area contributed by atoms with Gasteiger partial charge in [0.05, 0.1) is 12.4 Å². The van der Waals surface area contributed by atoms with Crippen molar-refractivity contribution in [2.75, 3.05) is 13.2 Å². The topological polar surface area (TPSA) is 92.3 Å². The fourth-order valence-corrected chi connectivity index (χ4v) is 2.85. The Hall–Kier alpha value is -3.26. The minimum Gasteiger partial charge on any atom is -0.465 e. The van der Waals surface area contributed by atoms with E-state index in [9.17, 15) is 4.79 Å². The molecule has 0 radical (unpaired) electrons. The van der Waals surface area contributed by atoms with Gasteiger partial charge in [-0.3, -0.25) is 0 Å². The van der Waals surface area contributed by atoms with Crippen LogP contribution in [0.3, 0.4) is 0 Å². The molecule has 0 amide bonds. The number of nitrogens with zero attached hydrogens (tertiary/aromatic N) is 4. The van der Waals surface area contributed by atoms with Gasteiger partial charge in [-0.05, 0) is 35.4 Å². The third-order valence-corrected chi connectivity index (χ3v) is 4.19. The van der Waals surface area contributed by atoms with Crippen LogP contribution < -0.4 is 0 Å². The molecule has 1 aliphatic heterocycles. The van der Waals surface area contributed by atoms with Crippen molar-refractivity contribution in [3.05, 3.63) is 54.5 Å². The number of ether oxygens (including phenoxy) is 2. The Morgan fingerprint density at radius 1 is 1.26 bits per heavy atom. The second kappa shape index (κ2) is 7.96. The minimum absolute atomic E-state index is 0.0683. The SMILES string of the molecule is O=C(OCC1CCCO1)/C(=C/c1ccco1)n1nnnc1-c1ccccc1. The summed E-state index contributed by atoms with van der Waals surface area (Å²) >= 11 is 0. The predicted molar refractivity (Wildman–Crippen MR) is 96.1 cm³/mol. The van der Waals surface area contributed by atoms with Gasteiger partial charge in [-0.25, -0.2) is 4.79 Å². The summed E-state index contributed by atoms with van der Waals surface area (Å²) in [5.41, 5.74) is 0.937. The molecule has 2 aromatic heterocycles. The van der Waals surface area contributed by atoms with Gasteiger partial charge in [0.25, 0.3) is 0 Å². The molecule has 0 aliphatic carbocycles. The van der Waals surface area contributed by atoms with E-state index < -0.39 is 5.97 Å². The van der Waals surface area contributed by atoms with Crippen LogP contribution in [0, 0.1) is 0 Å². The van der Waals surface area contributed by atoms with Crippen LogP contribution in [0.1, 0.15) is 18.6 Å². The number of tetrazole rings is 1. The third-order valence-electron chi connectivity index (χ3n) is 4.19. The van der Waals surface area contributed by atoms with Crippen molar-refractivity contribution in [1.29, 1.82) is 0 Å². The molecule has 4 rings (SSSR count). The smallest absolute Gasteiger partial charge is 0.357 e. The molecule has 138 valence electrons. The first kappa shape index (κ1) is 17.2. The molecule has 3 aromatic rings. The standard InChI is InChI=1S/C19H18N4O4/c24-19(27-13-16-9-5-11-26-16)17(12-15-8-4-10-25-15)23-18(20-21-22-23)14-6-2-1-3-7-14/h1-4,6-8,10,12,16H,5,9,11,13H2/b17-12-. The van der Waals surface area contributed by atoms with Gasteiger partial charge in [0.15, 0.2) is 11.5 Å². The second-order valence-electron chi connectivity index (χ2n) is 6.06. The van der Waals surface area contributed by atoms with Gasteiger partial charge in [0.2, 0.25) is 0 Å². The largest absolute Gasteiger partial charge is 0.465 e. The zero-order chi connectivity index (χ0) is 18.5. The molecule has 8 heteroatoms. The van der Waals surface area contributed by atoms with Crippen LogP contribution in [0.15, 0.2) is 53.1 Å². The van der Waals surface area contributed by atoms with Gasteiger partial charge < -0.3 is 13.9 Å². The number of hydrogen-bond acceptors (Lipinski definition) is 7. The lowest BCUT2D eigenvalue weighted by Gasteiger charge is -2.12. The van der Waals surface area contributed by atoms with Crippen LogP contribution in [0.2, 0.25) is 0 Å². The molecule has 0 bridgehead atoms. The second-order valence-corrected chi connectivity index (χ2v) is 6.06. The van der Waals surface area contributed by atoms with Crippen molar-refractivity contribution in [2.45, 2.75) is 18.9 Å². The molecule has 1 aromatic carbocycles. The molecular formula is C19H18N4O4. The predicted octanol–water partition coefficient (Wildman–Crippen LogP) is 2.65. The van der Waals surface area contributed by atoms with E-state index in [4.69, 9.17) is 13.9 Å².